The van der Waals surface area contributed by atoms with Crippen molar-refractivity contribution in [3.63, 3.8) is 0 Å². The molecule has 0 spiro atoms. The van der Waals surface area contributed by atoms with Crippen molar-refractivity contribution < 1.29 is 0 Å². The smallest absolute Gasteiger partial charge is 0.0237 e. The van der Waals surface area contributed by atoms with Gasteiger partial charge in [0, 0.05) is 12.1 Å². The third kappa shape index (κ3) is 3.25. The van der Waals surface area contributed by atoms with Gasteiger partial charge >= 0.3 is 0 Å². The van der Waals surface area contributed by atoms with E-state index in [1.807, 2.05) is 0 Å². The molecule has 3 nitrogen and oxygen atoms in total. The van der Waals surface area contributed by atoms with Crippen molar-refractivity contribution in [1.82, 2.24) is 10.3 Å². The van der Waals surface area contributed by atoms with E-state index >= 15 is 0 Å². The topological polar surface area (TPSA) is 41.3 Å². The van der Waals surface area contributed by atoms with E-state index in [0.29, 0.717) is 12.1 Å². The fourth-order valence-electron chi connectivity index (χ4n) is 2.07. The second kappa shape index (κ2) is 5.58. The molecule has 1 fully saturated rings. The lowest BCUT2D eigenvalue weighted by Gasteiger charge is -2.37. The molecule has 2 unspecified atom stereocenters. The van der Waals surface area contributed by atoms with Gasteiger partial charge in [0.15, 0.2) is 0 Å². The number of piperidine rings is 1. The van der Waals surface area contributed by atoms with Gasteiger partial charge in [-0.25, -0.2) is 0 Å². The van der Waals surface area contributed by atoms with Gasteiger partial charge in [-0.1, -0.05) is 13.3 Å². The minimum absolute atomic E-state index is 0.535. The quantitative estimate of drug-likeness (QED) is 0.509. The van der Waals surface area contributed by atoms with Gasteiger partial charge in [-0.05, 0) is 39.3 Å². The van der Waals surface area contributed by atoms with Crippen molar-refractivity contribution in [3.8, 4) is 0 Å². The van der Waals surface area contributed by atoms with Crippen LogP contribution < -0.4 is 11.3 Å². The lowest BCUT2D eigenvalue weighted by molar-refractivity contribution is 0.134. The number of hydrogen-bond acceptors (Lipinski definition) is 3. The predicted molar refractivity (Wildman–Crippen MR) is 56.3 cm³/mol. The van der Waals surface area contributed by atoms with Crippen molar-refractivity contribution in [2.75, 3.05) is 13.1 Å². The van der Waals surface area contributed by atoms with Crippen LogP contribution in [0.5, 0.6) is 0 Å². The first kappa shape index (κ1) is 11.0. The van der Waals surface area contributed by atoms with E-state index in [9.17, 15) is 0 Å². The molecule has 1 aliphatic heterocycles. The fourth-order valence-corrected chi connectivity index (χ4v) is 2.07. The normalized spacial score (nSPS) is 30.7. The summed E-state index contributed by atoms with van der Waals surface area (Å²) < 4.78 is 0. The molecular formula is C10H23N3. The van der Waals surface area contributed by atoms with Crippen molar-refractivity contribution in [2.45, 2.75) is 51.6 Å². The van der Waals surface area contributed by atoms with Gasteiger partial charge in [0.2, 0.25) is 0 Å². The van der Waals surface area contributed by atoms with Crippen molar-refractivity contribution in [1.29, 1.82) is 0 Å². The van der Waals surface area contributed by atoms with E-state index in [0.717, 1.165) is 0 Å². The number of nitrogens with zero attached hydrogens (tertiary/aromatic N) is 1. The SMILES string of the molecule is CCCCN1CCC(NN)CC1C. The highest BCUT2D eigenvalue weighted by atomic mass is 15.3. The maximum absolute atomic E-state index is 5.44. The summed E-state index contributed by atoms with van der Waals surface area (Å²) in [6, 6.07) is 1.23. The zero-order valence-corrected chi connectivity index (χ0v) is 8.92. The fraction of sp³-hybridized carbons (Fsp3) is 1.00. The highest BCUT2D eigenvalue weighted by Crippen LogP contribution is 2.16. The average molecular weight is 185 g/mol. The summed E-state index contributed by atoms with van der Waals surface area (Å²) in [4.78, 5) is 2.58. The number of hydrogen-bond donors (Lipinski definition) is 2. The number of nitrogens with one attached hydrogen (secondary N) is 1. The van der Waals surface area contributed by atoms with Crippen LogP contribution in [0.25, 0.3) is 0 Å². The van der Waals surface area contributed by atoms with Crippen LogP contribution in [0, 0.1) is 0 Å². The number of likely N-dealkylation sites (tertiary alicyclic amines) is 1. The Balaban J connectivity index is 2.26. The Morgan fingerprint density at radius 2 is 2.31 bits per heavy atom. The average Bonchev–Trinajstić information content (AvgIpc) is 2.16. The van der Waals surface area contributed by atoms with Crippen LogP contribution >= 0.6 is 0 Å². The van der Waals surface area contributed by atoms with Gasteiger partial charge in [-0.15, -0.1) is 0 Å². The highest BCUT2D eigenvalue weighted by molar-refractivity contribution is 4.81. The molecular weight excluding hydrogens is 162 g/mol. The second-order valence-corrected chi connectivity index (χ2v) is 4.13. The van der Waals surface area contributed by atoms with Crippen molar-refractivity contribution in [3.05, 3.63) is 0 Å². The highest BCUT2D eigenvalue weighted by Gasteiger charge is 2.23. The Bertz CT molecular complexity index is 138. The first-order valence-electron chi connectivity index (χ1n) is 5.48. The largest absolute Gasteiger partial charge is 0.301 e. The van der Waals surface area contributed by atoms with Crippen LogP contribution in [0.2, 0.25) is 0 Å². The summed E-state index contributed by atoms with van der Waals surface area (Å²) in [5, 5.41) is 0. The summed E-state index contributed by atoms with van der Waals surface area (Å²) in [5.41, 5.74) is 2.88. The molecule has 1 aliphatic rings. The van der Waals surface area contributed by atoms with Crippen LogP contribution in [-0.2, 0) is 0 Å². The molecule has 3 heteroatoms. The molecule has 0 bridgehead atoms. The Hall–Kier alpha value is -0.120. The molecule has 0 aliphatic carbocycles. The maximum atomic E-state index is 5.44. The van der Waals surface area contributed by atoms with Crippen LogP contribution in [0.3, 0.4) is 0 Å². The summed E-state index contributed by atoms with van der Waals surface area (Å²) in [6.45, 7) is 7.02. The van der Waals surface area contributed by atoms with Gasteiger partial charge in [-0.3, -0.25) is 11.3 Å². The summed E-state index contributed by atoms with van der Waals surface area (Å²) >= 11 is 0. The van der Waals surface area contributed by atoms with Crippen molar-refractivity contribution >= 4 is 0 Å². The van der Waals surface area contributed by atoms with Crippen LogP contribution in [0.15, 0.2) is 0 Å². The molecule has 0 amide bonds. The maximum Gasteiger partial charge on any atom is 0.0237 e. The number of hydrazine groups is 1. The molecule has 0 aromatic heterocycles. The molecule has 1 rings (SSSR count). The van der Waals surface area contributed by atoms with Gasteiger partial charge in [0.05, 0.1) is 0 Å². The summed E-state index contributed by atoms with van der Waals surface area (Å²) in [7, 11) is 0. The van der Waals surface area contributed by atoms with Gasteiger partial charge < -0.3 is 4.90 Å². The third-order valence-corrected chi connectivity index (χ3v) is 3.05. The number of unbranched alkanes of at least 4 members (excludes halogenated alkanes) is 1. The minimum atomic E-state index is 0.535. The van der Waals surface area contributed by atoms with Crippen LogP contribution in [0.1, 0.15) is 39.5 Å². The molecule has 0 aromatic rings. The molecule has 78 valence electrons. The third-order valence-electron chi connectivity index (χ3n) is 3.05. The van der Waals surface area contributed by atoms with Gasteiger partial charge in [0.1, 0.15) is 0 Å². The van der Waals surface area contributed by atoms with Gasteiger partial charge in [-0.2, -0.15) is 0 Å². The van der Waals surface area contributed by atoms with Gasteiger partial charge in [0.25, 0.3) is 0 Å². The first-order valence-corrected chi connectivity index (χ1v) is 5.48. The van der Waals surface area contributed by atoms with E-state index in [1.54, 1.807) is 0 Å². The number of nitrogens with two attached hydrogens (primary N) is 1. The van der Waals surface area contributed by atoms with E-state index in [4.69, 9.17) is 5.84 Å². The first-order chi connectivity index (χ1) is 6.27. The Kier molecular flexibility index (Phi) is 4.70. The lowest BCUT2D eigenvalue weighted by atomic mass is 9.98. The minimum Gasteiger partial charge on any atom is -0.301 e. The molecule has 1 heterocycles. The monoisotopic (exact) mass is 185 g/mol. The van der Waals surface area contributed by atoms with E-state index in [2.05, 4.69) is 24.2 Å². The molecule has 0 aromatic carbocycles. The molecule has 1 saturated heterocycles. The molecule has 0 saturated carbocycles. The van der Waals surface area contributed by atoms with Crippen LogP contribution in [0.4, 0.5) is 0 Å². The predicted octanol–water partition coefficient (Wildman–Crippen LogP) is 1.10. The standard InChI is InChI=1S/C10H23N3/c1-3-4-6-13-7-5-10(12-11)8-9(13)2/h9-10,12H,3-8,11H2,1-2H3. The Morgan fingerprint density at radius 3 is 2.85 bits per heavy atom. The summed E-state index contributed by atoms with van der Waals surface area (Å²) in [6.07, 6.45) is 5.01. The number of rotatable bonds is 4. The zero-order chi connectivity index (χ0) is 9.68. The molecule has 0 radical (unpaired) electrons. The van der Waals surface area contributed by atoms with E-state index in [1.165, 1.54) is 38.8 Å². The Morgan fingerprint density at radius 1 is 1.54 bits per heavy atom. The molecule has 2 atom stereocenters. The molecule has 13 heavy (non-hydrogen) atoms. The van der Waals surface area contributed by atoms with E-state index < -0.39 is 0 Å². The van der Waals surface area contributed by atoms with Crippen molar-refractivity contribution in [2.24, 2.45) is 5.84 Å². The van der Waals surface area contributed by atoms with E-state index in [-0.39, 0.29) is 0 Å². The second-order valence-electron chi connectivity index (χ2n) is 4.13. The summed E-state index contributed by atoms with van der Waals surface area (Å²) in [5.74, 6) is 5.44. The zero-order valence-electron chi connectivity index (χ0n) is 8.92. The van der Waals surface area contributed by atoms with Crippen LogP contribution in [-0.4, -0.2) is 30.1 Å². The Labute approximate surface area is 81.6 Å². The molecule has 3 N–H and O–H groups in total. The lowest BCUT2D eigenvalue weighted by Crippen LogP contribution is -2.49.